The number of ether oxygens (including phenoxy) is 1. The largest absolute Gasteiger partial charge is 0.378 e. The van der Waals surface area contributed by atoms with Crippen LogP contribution in [0, 0.1) is 11.8 Å². The maximum atomic E-state index is 14.5. The second-order valence-electron chi connectivity index (χ2n) is 10.4. The number of morpholine rings is 1. The highest BCUT2D eigenvalue weighted by molar-refractivity contribution is 6.00. The Morgan fingerprint density at radius 2 is 1.68 bits per heavy atom. The number of nitrogens with one attached hydrogen (secondary N) is 2. The van der Waals surface area contributed by atoms with Gasteiger partial charge in [-0.15, -0.1) is 0 Å². The van der Waals surface area contributed by atoms with Crippen molar-refractivity contribution in [3.05, 3.63) is 96.3 Å². The summed E-state index contributed by atoms with van der Waals surface area (Å²) in [6, 6.07) is 19.5. The van der Waals surface area contributed by atoms with Crippen LogP contribution in [0.25, 0.3) is 33.4 Å². The van der Waals surface area contributed by atoms with Gasteiger partial charge in [-0.3, -0.25) is 4.79 Å². The summed E-state index contributed by atoms with van der Waals surface area (Å²) >= 11 is 0. The highest BCUT2D eigenvalue weighted by Gasteiger charge is 2.19. The maximum absolute atomic E-state index is 14.5. The van der Waals surface area contributed by atoms with E-state index in [1.54, 1.807) is 42.5 Å². The Bertz CT molecular complexity index is 1860. The number of amides is 2. The molecule has 0 aliphatic carbocycles. The number of rotatable bonds is 7. The molecule has 0 unspecified atom stereocenters. The van der Waals surface area contributed by atoms with E-state index in [1.807, 2.05) is 18.2 Å². The molecule has 3 aromatic carbocycles. The summed E-state index contributed by atoms with van der Waals surface area (Å²) < 4.78 is 34.5. The van der Waals surface area contributed by atoms with Crippen LogP contribution in [0.1, 0.15) is 12.5 Å². The summed E-state index contributed by atoms with van der Waals surface area (Å²) in [5.74, 6) is -0.0545. The quantitative estimate of drug-likeness (QED) is 0.215. The van der Waals surface area contributed by atoms with E-state index in [2.05, 4.69) is 20.5 Å². The predicted octanol–water partition coefficient (Wildman–Crippen LogP) is 6.25. The summed E-state index contributed by atoms with van der Waals surface area (Å²) in [7, 11) is 0. The zero-order chi connectivity index (χ0) is 30.6. The van der Waals surface area contributed by atoms with E-state index < -0.39 is 17.8 Å². The molecule has 2 amide bonds. The van der Waals surface area contributed by atoms with E-state index in [4.69, 9.17) is 14.7 Å². The molecule has 222 valence electrons. The maximum Gasteiger partial charge on any atom is 0.323 e. The van der Waals surface area contributed by atoms with Gasteiger partial charge in [0.25, 0.3) is 0 Å². The van der Waals surface area contributed by atoms with Crippen molar-refractivity contribution in [1.82, 2.24) is 15.0 Å². The first-order valence-corrected chi connectivity index (χ1v) is 14.1. The van der Waals surface area contributed by atoms with Crippen LogP contribution in [-0.2, 0) is 16.0 Å². The second kappa shape index (κ2) is 12.5. The van der Waals surface area contributed by atoms with Gasteiger partial charge in [-0.25, -0.2) is 24.1 Å². The van der Waals surface area contributed by atoms with Gasteiger partial charge < -0.3 is 20.3 Å². The molecule has 5 aromatic rings. The molecule has 11 heteroatoms. The summed E-state index contributed by atoms with van der Waals surface area (Å²) in [6.07, 6.45) is 1.53. The summed E-state index contributed by atoms with van der Waals surface area (Å²) in [6.45, 7) is 3.93. The molecule has 6 rings (SSSR count). The van der Waals surface area contributed by atoms with Crippen molar-refractivity contribution in [1.29, 1.82) is 0 Å². The van der Waals surface area contributed by atoms with Crippen LogP contribution >= 0.6 is 0 Å². The van der Waals surface area contributed by atoms with Crippen LogP contribution in [0.5, 0.6) is 0 Å². The molecule has 0 atom stereocenters. The van der Waals surface area contributed by atoms with Gasteiger partial charge >= 0.3 is 6.03 Å². The molecule has 44 heavy (non-hydrogen) atoms. The average Bonchev–Trinajstić information content (AvgIpc) is 3.02. The number of hydrogen-bond donors (Lipinski definition) is 2. The van der Waals surface area contributed by atoms with Crippen LogP contribution in [0.15, 0.2) is 79.0 Å². The average molecular weight is 595 g/mol. The lowest BCUT2D eigenvalue weighted by Gasteiger charge is -2.29. The van der Waals surface area contributed by atoms with Crippen molar-refractivity contribution in [3.63, 3.8) is 0 Å². The fraction of sp³-hybridized carbons (Fsp3) is 0.182. The molecule has 1 aliphatic heterocycles. The first-order valence-electron chi connectivity index (χ1n) is 14.1. The Morgan fingerprint density at radius 3 is 2.41 bits per heavy atom. The molecule has 2 N–H and O–H groups in total. The third-order valence-electron chi connectivity index (χ3n) is 7.19. The van der Waals surface area contributed by atoms with E-state index in [9.17, 15) is 18.4 Å². The van der Waals surface area contributed by atoms with Crippen LogP contribution in [0.2, 0.25) is 0 Å². The van der Waals surface area contributed by atoms with Gasteiger partial charge in [0.2, 0.25) is 5.95 Å². The SMILES string of the molecule is CC(=O)Cc1ccc(NC(=O)Nc2ccc(-c3nc(N4CCOCC4)c4ccc(-c5cccnc5F)cc4n3)cc2)c(F)c1. The minimum Gasteiger partial charge on any atom is -0.378 e. The molecule has 2 aromatic heterocycles. The number of nitrogens with zero attached hydrogens (tertiary/aromatic N) is 4. The number of Topliss-reactive ketones (excluding diaryl/α,β-unsaturated/α-hetero) is 1. The fourth-order valence-electron chi connectivity index (χ4n) is 5.07. The number of carbonyl (C=O) groups is 2. The van der Waals surface area contributed by atoms with Crippen LogP contribution in [0.4, 0.5) is 30.8 Å². The zero-order valence-electron chi connectivity index (χ0n) is 23.8. The first kappa shape index (κ1) is 28.8. The lowest BCUT2D eigenvalue weighted by atomic mass is 10.0. The number of fused-ring (bicyclic) bond motifs is 1. The Balaban J connectivity index is 1.26. The van der Waals surface area contributed by atoms with Gasteiger partial charge in [0.1, 0.15) is 17.4 Å². The molecule has 0 spiro atoms. The number of aromatic nitrogens is 3. The number of hydrogen-bond acceptors (Lipinski definition) is 7. The molecule has 1 aliphatic rings. The van der Waals surface area contributed by atoms with Gasteiger partial charge in [0.15, 0.2) is 5.82 Å². The van der Waals surface area contributed by atoms with Crippen molar-refractivity contribution >= 4 is 39.9 Å². The molecule has 9 nitrogen and oxygen atoms in total. The van der Waals surface area contributed by atoms with Crippen molar-refractivity contribution in [3.8, 4) is 22.5 Å². The van der Waals surface area contributed by atoms with E-state index >= 15 is 0 Å². The predicted molar refractivity (Wildman–Crippen MR) is 165 cm³/mol. The van der Waals surface area contributed by atoms with E-state index in [-0.39, 0.29) is 17.9 Å². The third-order valence-corrected chi connectivity index (χ3v) is 7.19. The Morgan fingerprint density at radius 1 is 0.909 bits per heavy atom. The van der Waals surface area contributed by atoms with Crippen molar-refractivity contribution in [2.24, 2.45) is 0 Å². The first-order chi connectivity index (χ1) is 21.3. The van der Waals surface area contributed by atoms with Crippen molar-refractivity contribution < 1.29 is 23.1 Å². The fourth-order valence-corrected chi connectivity index (χ4v) is 5.07. The normalized spacial score (nSPS) is 13.1. The number of benzene rings is 3. The highest BCUT2D eigenvalue weighted by atomic mass is 19.1. The lowest BCUT2D eigenvalue weighted by molar-refractivity contribution is -0.116. The van der Waals surface area contributed by atoms with Crippen LogP contribution in [0.3, 0.4) is 0 Å². The standard InChI is InChI=1S/C33H28F2N6O3/c1-20(42)17-21-4-11-28(27(34)18-21)39-33(43)37-24-8-5-22(6-9-24)31-38-29-19-23(25-3-2-12-36-30(25)35)7-10-26(29)32(40-31)41-13-15-44-16-14-41/h2-12,18-19H,13-17H2,1H3,(H2,37,39,43). The van der Waals surface area contributed by atoms with Gasteiger partial charge in [0, 0.05) is 47.9 Å². The second-order valence-corrected chi connectivity index (χ2v) is 10.4. The van der Waals surface area contributed by atoms with Gasteiger partial charge in [-0.2, -0.15) is 4.39 Å². The van der Waals surface area contributed by atoms with Crippen LogP contribution in [-0.4, -0.2) is 53.1 Å². The molecular formula is C33H28F2N6O3. The topological polar surface area (TPSA) is 109 Å². The van der Waals surface area contributed by atoms with Gasteiger partial charge in [-0.1, -0.05) is 12.1 Å². The summed E-state index contributed by atoms with van der Waals surface area (Å²) in [5, 5.41) is 6.02. The highest BCUT2D eigenvalue weighted by Crippen LogP contribution is 2.32. The molecular weight excluding hydrogens is 566 g/mol. The molecule has 1 fully saturated rings. The Kier molecular flexibility index (Phi) is 8.20. The smallest absolute Gasteiger partial charge is 0.323 e. The van der Waals surface area contributed by atoms with Crippen LogP contribution < -0.4 is 15.5 Å². The van der Waals surface area contributed by atoms with E-state index in [0.29, 0.717) is 65.6 Å². The molecule has 0 saturated carbocycles. The minimum atomic E-state index is -0.631. The third kappa shape index (κ3) is 6.37. The molecule has 0 bridgehead atoms. The summed E-state index contributed by atoms with van der Waals surface area (Å²) in [5.41, 5.74) is 3.39. The number of anilines is 3. The van der Waals surface area contributed by atoms with Gasteiger partial charge in [0.05, 0.1) is 24.4 Å². The number of ketones is 1. The lowest BCUT2D eigenvalue weighted by Crippen LogP contribution is -2.37. The van der Waals surface area contributed by atoms with E-state index in [0.717, 1.165) is 11.2 Å². The van der Waals surface area contributed by atoms with Crippen molar-refractivity contribution in [2.75, 3.05) is 41.8 Å². The monoisotopic (exact) mass is 594 g/mol. The number of carbonyl (C=O) groups excluding carboxylic acids is 2. The van der Waals surface area contributed by atoms with E-state index in [1.165, 1.54) is 25.3 Å². The zero-order valence-corrected chi connectivity index (χ0v) is 23.8. The van der Waals surface area contributed by atoms with Crippen molar-refractivity contribution in [2.45, 2.75) is 13.3 Å². The minimum absolute atomic E-state index is 0.00263. The Hall–Kier alpha value is -5.29. The summed E-state index contributed by atoms with van der Waals surface area (Å²) in [4.78, 5) is 39.5. The number of pyridine rings is 1. The molecule has 0 radical (unpaired) electrons. The molecule has 3 heterocycles. The number of urea groups is 1. The Labute approximate surface area is 251 Å². The van der Waals surface area contributed by atoms with Gasteiger partial charge in [-0.05, 0) is 78.7 Å². The molecule has 1 saturated heterocycles. The number of halogens is 2.